The van der Waals surface area contributed by atoms with E-state index in [1.54, 1.807) is 25.3 Å². The molecule has 0 radical (unpaired) electrons. The van der Waals surface area contributed by atoms with Crippen molar-refractivity contribution in [2.75, 3.05) is 33.4 Å². The number of rotatable bonds is 6. The van der Waals surface area contributed by atoms with Gasteiger partial charge in [-0.2, -0.15) is 0 Å². The van der Waals surface area contributed by atoms with Crippen LogP contribution >= 0.6 is 0 Å². The topological polar surface area (TPSA) is 85.3 Å². The first-order chi connectivity index (χ1) is 11.6. The van der Waals surface area contributed by atoms with E-state index >= 15 is 0 Å². The number of nitrogens with zero attached hydrogens (tertiary/aromatic N) is 1. The molecular formula is C17H21NO6. The number of amides is 1. The maximum absolute atomic E-state index is 12.8. The number of carbonyl (C=O) groups excluding carboxylic acids is 1. The molecule has 7 nitrogen and oxygen atoms in total. The zero-order chi connectivity index (χ0) is 17.1. The fraction of sp³-hybridized carbons (Fsp3) is 0.529. The molecule has 1 aliphatic heterocycles. The second-order valence-corrected chi connectivity index (χ2v) is 6.07. The summed E-state index contributed by atoms with van der Waals surface area (Å²) >= 11 is 0. The van der Waals surface area contributed by atoms with Gasteiger partial charge in [0.2, 0.25) is 0 Å². The van der Waals surface area contributed by atoms with Crippen molar-refractivity contribution in [1.29, 1.82) is 0 Å². The third-order valence-corrected chi connectivity index (χ3v) is 4.22. The smallest absolute Gasteiger partial charge is 0.334 e. The lowest BCUT2D eigenvalue weighted by Gasteiger charge is -2.31. The summed E-state index contributed by atoms with van der Waals surface area (Å²) < 4.78 is 16.2. The summed E-state index contributed by atoms with van der Waals surface area (Å²) in [4.78, 5) is 25.4. The summed E-state index contributed by atoms with van der Waals surface area (Å²) in [5, 5.41) is 9.08. The number of carboxylic acids is 1. The van der Waals surface area contributed by atoms with Gasteiger partial charge in [0.05, 0.1) is 32.4 Å². The van der Waals surface area contributed by atoms with Crippen LogP contribution in [0.2, 0.25) is 0 Å². The maximum atomic E-state index is 12.8. The highest BCUT2D eigenvalue weighted by atomic mass is 16.5. The number of carbonyl (C=O) groups is 2. The summed E-state index contributed by atoms with van der Waals surface area (Å²) in [6.07, 6.45) is 1.31. The van der Waals surface area contributed by atoms with Gasteiger partial charge in [-0.05, 0) is 30.9 Å². The normalized spacial score (nSPS) is 20.5. The molecule has 1 saturated heterocycles. The monoisotopic (exact) mass is 335 g/mol. The number of hydrogen-bond donors (Lipinski definition) is 1. The van der Waals surface area contributed by atoms with Crippen LogP contribution in [0.25, 0.3) is 0 Å². The third-order valence-electron chi connectivity index (χ3n) is 4.22. The molecule has 1 amide bonds. The molecule has 1 saturated carbocycles. The molecule has 1 atom stereocenters. The molecule has 1 aromatic rings. The van der Waals surface area contributed by atoms with Gasteiger partial charge in [-0.25, -0.2) is 4.79 Å². The number of benzene rings is 1. The van der Waals surface area contributed by atoms with E-state index in [9.17, 15) is 9.59 Å². The first-order valence-electron chi connectivity index (χ1n) is 8.03. The first kappa shape index (κ1) is 16.6. The minimum atomic E-state index is -1.06. The lowest BCUT2D eigenvalue weighted by atomic mass is 10.1. The number of hydrogen-bond acceptors (Lipinski definition) is 5. The van der Waals surface area contributed by atoms with Gasteiger partial charge in [0.15, 0.2) is 6.10 Å². The Morgan fingerprint density at radius 2 is 2.17 bits per heavy atom. The van der Waals surface area contributed by atoms with Gasteiger partial charge in [0.25, 0.3) is 5.91 Å². The number of ether oxygens (including phenoxy) is 3. The summed E-state index contributed by atoms with van der Waals surface area (Å²) in [5.41, 5.74) is 0.419. The highest BCUT2D eigenvalue weighted by Crippen LogP contribution is 2.32. The second-order valence-electron chi connectivity index (χ2n) is 6.07. The summed E-state index contributed by atoms with van der Waals surface area (Å²) in [5.74, 6) is 0.330. The molecule has 1 aliphatic carbocycles. The second kappa shape index (κ2) is 7.09. The van der Waals surface area contributed by atoms with E-state index in [1.807, 2.05) is 0 Å². The Morgan fingerprint density at radius 1 is 1.38 bits per heavy atom. The van der Waals surface area contributed by atoms with Gasteiger partial charge >= 0.3 is 5.97 Å². The predicted molar refractivity (Wildman–Crippen MR) is 84.5 cm³/mol. The Labute approximate surface area is 140 Å². The number of carboxylic acid groups (broad SMARTS) is 1. The zero-order valence-electron chi connectivity index (χ0n) is 13.6. The van der Waals surface area contributed by atoms with E-state index in [4.69, 9.17) is 19.3 Å². The van der Waals surface area contributed by atoms with E-state index in [-0.39, 0.29) is 19.1 Å². The summed E-state index contributed by atoms with van der Waals surface area (Å²) in [7, 11) is 1.56. The Kier molecular flexibility index (Phi) is 4.89. The number of methoxy groups -OCH3 is 1. The largest absolute Gasteiger partial charge is 0.497 e. The van der Waals surface area contributed by atoms with Crippen LogP contribution in [0.4, 0.5) is 0 Å². The molecule has 7 heteroatoms. The lowest BCUT2D eigenvalue weighted by Crippen LogP contribution is -2.48. The zero-order valence-corrected chi connectivity index (χ0v) is 13.6. The fourth-order valence-corrected chi connectivity index (χ4v) is 2.57. The van der Waals surface area contributed by atoms with Crippen molar-refractivity contribution in [2.45, 2.75) is 18.9 Å². The van der Waals surface area contributed by atoms with Crippen LogP contribution in [0.3, 0.4) is 0 Å². The van der Waals surface area contributed by atoms with Crippen LogP contribution in [0.1, 0.15) is 23.2 Å². The highest BCUT2D eigenvalue weighted by molar-refractivity contribution is 5.97. The first-order valence-corrected chi connectivity index (χ1v) is 8.03. The lowest BCUT2D eigenvalue weighted by molar-refractivity contribution is -0.154. The number of morpholine rings is 1. The van der Waals surface area contributed by atoms with Gasteiger partial charge in [0.1, 0.15) is 11.5 Å². The van der Waals surface area contributed by atoms with E-state index in [0.29, 0.717) is 36.1 Å². The molecule has 0 spiro atoms. The van der Waals surface area contributed by atoms with Crippen LogP contribution < -0.4 is 9.47 Å². The minimum Gasteiger partial charge on any atom is -0.497 e. The van der Waals surface area contributed by atoms with E-state index < -0.39 is 12.1 Å². The van der Waals surface area contributed by atoms with Gasteiger partial charge in [-0.3, -0.25) is 4.79 Å². The van der Waals surface area contributed by atoms with Gasteiger partial charge in [0, 0.05) is 12.6 Å². The van der Waals surface area contributed by atoms with Crippen LogP contribution in [0, 0.1) is 5.92 Å². The number of aliphatic carboxylic acids is 1. The van der Waals surface area contributed by atoms with E-state index in [1.165, 1.54) is 4.90 Å². The van der Waals surface area contributed by atoms with Crippen LogP contribution in [0.15, 0.2) is 18.2 Å². The van der Waals surface area contributed by atoms with Crippen LogP contribution in [-0.4, -0.2) is 61.4 Å². The molecule has 1 aromatic carbocycles. The van der Waals surface area contributed by atoms with Crippen molar-refractivity contribution < 1.29 is 28.9 Å². The van der Waals surface area contributed by atoms with E-state index in [0.717, 1.165) is 12.8 Å². The van der Waals surface area contributed by atoms with Crippen molar-refractivity contribution >= 4 is 11.9 Å². The summed E-state index contributed by atoms with van der Waals surface area (Å²) in [6.45, 7) is 1.17. The highest BCUT2D eigenvalue weighted by Gasteiger charge is 2.31. The molecule has 0 aromatic heterocycles. The SMILES string of the molecule is COc1ccc(C(=O)N2CCOC(C(=O)O)C2)c(OCC2CC2)c1. The van der Waals surface area contributed by atoms with Gasteiger partial charge in [-0.15, -0.1) is 0 Å². The summed E-state index contributed by atoms with van der Waals surface area (Å²) in [6, 6.07) is 5.06. The standard InChI is InChI=1S/C17H21NO6/c1-22-12-4-5-13(14(8-12)24-10-11-2-3-11)16(19)18-6-7-23-15(9-18)17(20)21/h4-5,8,11,15H,2-3,6-7,9-10H2,1H3,(H,20,21). The Balaban J connectivity index is 1.78. The van der Waals surface area contributed by atoms with Crippen LogP contribution in [0.5, 0.6) is 11.5 Å². The maximum Gasteiger partial charge on any atom is 0.334 e. The molecule has 1 unspecified atom stereocenters. The molecule has 0 bridgehead atoms. The molecule has 24 heavy (non-hydrogen) atoms. The van der Waals surface area contributed by atoms with Crippen molar-refractivity contribution in [1.82, 2.24) is 4.90 Å². The van der Waals surface area contributed by atoms with Crippen molar-refractivity contribution in [3.05, 3.63) is 23.8 Å². The molecule has 2 aliphatic rings. The molecule has 2 fully saturated rings. The van der Waals surface area contributed by atoms with Crippen LogP contribution in [-0.2, 0) is 9.53 Å². The van der Waals surface area contributed by atoms with Crippen molar-refractivity contribution in [3.63, 3.8) is 0 Å². The molecule has 1 N–H and O–H groups in total. The van der Waals surface area contributed by atoms with Crippen molar-refractivity contribution in [2.24, 2.45) is 5.92 Å². The molecule has 1 heterocycles. The predicted octanol–water partition coefficient (Wildman–Crippen LogP) is 1.41. The Hall–Kier alpha value is -2.28. The van der Waals surface area contributed by atoms with Gasteiger partial charge in [-0.1, -0.05) is 0 Å². The fourth-order valence-electron chi connectivity index (χ4n) is 2.57. The quantitative estimate of drug-likeness (QED) is 0.846. The van der Waals surface area contributed by atoms with E-state index in [2.05, 4.69) is 0 Å². The third kappa shape index (κ3) is 3.79. The minimum absolute atomic E-state index is 0.0300. The average Bonchev–Trinajstić information content (AvgIpc) is 3.43. The average molecular weight is 335 g/mol. The Bertz CT molecular complexity index is 628. The Morgan fingerprint density at radius 3 is 2.83 bits per heavy atom. The molecule has 130 valence electrons. The van der Waals surface area contributed by atoms with Gasteiger partial charge < -0.3 is 24.2 Å². The molecular weight excluding hydrogens is 314 g/mol. The van der Waals surface area contributed by atoms with Crippen molar-refractivity contribution in [3.8, 4) is 11.5 Å². The molecule has 3 rings (SSSR count).